The van der Waals surface area contributed by atoms with E-state index in [1.165, 1.54) is 11.1 Å². The molecule has 2 N–H and O–H groups in total. The van der Waals surface area contributed by atoms with Gasteiger partial charge in [-0.1, -0.05) is 24.3 Å². The van der Waals surface area contributed by atoms with Crippen LogP contribution in [0, 0.1) is 6.92 Å². The number of carbonyl (C=O) groups is 2. The minimum atomic E-state index is -0.159. The van der Waals surface area contributed by atoms with Crippen LogP contribution in [0.3, 0.4) is 0 Å². The third kappa shape index (κ3) is 8.83. The van der Waals surface area contributed by atoms with Gasteiger partial charge in [-0.3, -0.25) is 9.59 Å². The second kappa shape index (κ2) is 11.9. The standard InChI is InChI=1S/C22H27N3O3S/c1-16(2)24-21(26)13-28-20-10-8-18(9-11-20)12-23-25-22(27)15-29-14-19-7-5-4-6-17(19)3/h4-12,16H,13-15H2,1-3H3,(H,24,26)(H,25,27)/b23-12-. The number of carbonyl (C=O) groups excluding carboxylic acids is 2. The molecule has 0 unspecified atom stereocenters. The number of nitrogens with zero attached hydrogens (tertiary/aromatic N) is 1. The molecule has 2 amide bonds. The molecular weight excluding hydrogens is 386 g/mol. The average Bonchev–Trinajstić information content (AvgIpc) is 2.68. The maximum Gasteiger partial charge on any atom is 0.258 e. The van der Waals surface area contributed by atoms with Crippen molar-refractivity contribution in [3.05, 3.63) is 65.2 Å². The molecule has 0 aromatic heterocycles. The number of benzene rings is 2. The minimum absolute atomic E-state index is 0.0259. The lowest BCUT2D eigenvalue weighted by atomic mass is 10.1. The van der Waals surface area contributed by atoms with Gasteiger partial charge in [0.05, 0.1) is 12.0 Å². The molecule has 0 heterocycles. The van der Waals surface area contributed by atoms with Crippen LogP contribution < -0.4 is 15.5 Å². The quantitative estimate of drug-likeness (QED) is 0.463. The summed E-state index contributed by atoms with van der Waals surface area (Å²) in [5.41, 5.74) is 5.81. The number of hydrogen-bond acceptors (Lipinski definition) is 5. The zero-order chi connectivity index (χ0) is 21.1. The van der Waals surface area contributed by atoms with Gasteiger partial charge in [-0.15, -0.1) is 11.8 Å². The Labute approximate surface area is 176 Å². The molecule has 0 atom stereocenters. The number of rotatable bonds is 10. The molecule has 0 bridgehead atoms. The van der Waals surface area contributed by atoms with Crippen LogP contribution in [0.2, 0.25) is 0 Å². The molecule has 7 heteroatoms. The topological polar surface area (TPSA) is 79.8 Å². The van der Waals surface area contributed by atoms with E-state index < -0.39 is 0 Å². The molecular formula is C22H27N3O3S. The van der Waals surface area contributed by atoms with Gasteiger partial charge in [0.15, 0.2) is 6.61 Å². The Hall–Kier alpha value is -2.80. The zero-order valence-corrected chi connectivity index (χ0v) is 17.8. The monoisotopic (exact) mass is 413 g/mol. The predicted octanol–water partition coefficient (Wildman–Crippen LogP) is 3.28. The fourth-order valence-corrected chi connectivity index (χ4v) is 3.30. The summed E-state index contributed by atoms with van der Waals surface area (Å²) in [6, 6.07) is 15.3. The van der Waals surface area contributed by atoms with Crippen LogP contribution in [0.5, 0.6) is 5.75 Å². The van der Waals surface area contributed by atoms with Gasteiger partial charge >= 0.3 is 0 Å². The molecule has 0 fully saturated rings. The molecule has 2 aromatic carbocycles. The van der Waals surface area contributed by atoms with Gasteiger partial charge in [0.2, 0.25) is 5.91 Å². The number of nitrogens with one attached hydrogen (secondary N) is 2. The maximum absolute atomic E-state index is 11.9. The van der Waals surface area contributed by atoms with Crippen molar-refractivity contribution in [2.75, 3.05) is 12.4 Å². The van der Waals surface area contributed by atoms with Crippen molar-refractivity contribution >= 4 is 29.8 Å². The molecule has 29 heavy (non-hydrogen) atoms. The molecule has 2 rings (SSSR count). The van der Waals surface area contributed by atoms with Gasteiger partial charge in [0, 0.05) is 11.8 Å². The van der Waals surface area contributed by atoms with E-state index in [1.807, 2.05) is 26.0 Å². The Balaban J connectivity index is 1.69. The molecule has 2 aromatic rings. The van der Waals surface area contributed by atoms with E-state index in [-0.39, 0.29) is 24.5 Å². The Morgan fingerprint density at radius 3 is 2.52 bits per heavy atom. The zero-order valence-electron chi connectivity index (χ0n) is 17.0. The third-order valence-electron chi connectivity index (χ3n) is 3.85. The van der Waals surface area contributed by atoms with Crippen molar-refractivity contribution in [3.63, 3.8) is 0 Å². The van der Waals surface area contributed by atoms with Crippen LogP contribution in [0.15, 0.2) is 53.6 Å². The number of aryl methyl sites for hydroxylation is 1. The maximum atomic E-state index is 11.9. The summed E-state index contributed by atoms with van der Waals surface area (Å²) in [6.45, 7) is 5.83. The van der Waals surface area contributed by atoms with Gasteiger partial charge in [-0.25, -0.2) is 5.43 Å². The number of hydrogen-bond donors (Lipinski definition) is 2. The Bertz CT molecular complexity index is 835. The van der Waals surface area contributed by atoms with Crippen LogP contribution in [0.4, 0.5) is 0 Å². The lowest BCUT2D eigenvalue weighted by Crippen LogP contribution is -2.34. The Morgan fingerprint density at radius 1 is 1.10 bits per heavy atom. The number of amides is 2. The molecule has 0 saturated heterocycles. The molecule has 0 aliphatic carbocycles. The van der Waals surface area contributed by atoms with Gasteiger partial charge in [-0.2, -0.15) is 5.10 Å². The highest BCUT2D eigenvalue weighted by atomic mass is 32.2. The first-order valence-electron chi connectivity index (χ1n) is 9.40. The first kappa shape index (κ1) is 22.5. The smallest absolute Gasteiger partial charge is 0.258 e. The number of hydrazone groups is 1. The van der Waals surface area contributed by atoms with E-state index >= 15 is 0 Å². The first-order valence-corrected chi connectivity index (χ1v) is 10.6. The van der Waals surface area contributed by atoms with Crippen molar-refractivity contribution in [1.29, 1.82) is 0 Å². The van der Waals surface area contributed by atoms with E-state index in [1.54, 1.807) is 42.2 Å². The second-order valence-electron chi connectivity index (χ2n) is 6.79. The summed E-state index contributed by atoms with van der Waals surface area (Å²) in [4.78, 5) is 23.5. The normalized spacial score (nSPS) is 10.9. The highest BCUT2D eigenvalue weighted by Crippen LogP contribution is 2.15. The second-order valence-corrected chi connectivity index (χ2v) is 7.78. The largest absolute Gasteiger partial charge is 0.484 e. The van der Waals surface area contributed by atoms with E-state index in [0.717, 1.165) is 11.3 Å². The highest BCUT2D eigenvalue weighted by molar-refractivity contribution is 7.99. The fraction of sp³-hybridized carbons (Fsp3) is 0.318. The molecule has 0 spiro atoms. The number of ether oxygens (including phenoxy) is 1. The van der Waals surface area contributed by atoms with Crippen molar-refractivity contribution < 1.29 is 14.3 Å². The summed E-state index contributed by atoms with van der Waals surface area (Å²) >= 11 is 1.55. The first-order chi connectivity index (χ1) is 13.9. The third-order valence-corrected chi connectivity index (χ3v) is 4.84. The van der Waals surface area contributed by atoms with Gasteiger partial charge in [0.1, 0.15) is 5.75 Å². The molecule has 154 valence electrons. The molecule has 0 aliphatic heterocycles. The summed E-state index contributed by atoms with van der Waals surface area (Å²) < 4.78 is 5.43. The van der Waals surface area contributed by atoms with Crippen molar-refractivity contribution in [2.24, 2.45) is 5.10 Å². The molecule has 6 nitrogen and oxygen atoms in total. The van der Waals surface area contributed by atoms with Crippen LogP contribution in [0.25, 0.3) is 0 Å². The van der Waals surface area contributed by atoms with E-state index in [0.29, 0.717) is 11.5 Å². The van der Waals surface area contributed by atoms with Crippen LogP contribution in [-0.2, 0) is 15.3 Å². The molecule has 0 saturated carbocycles. The summed E-state index contributed by atoms with van der Waals surface area (Å²) in [7, 11) is 0. The minimum Gasteiger partial charge on any atom is -0.484 e. The summed E-state index contributed by atoms with van der Waals surface area (Å²) in [6.07, 6.45) is 1.57. The SMILES string of the molecule is Cc1ccccc1CSCC(=O)N/N=C\c1ccc(OCC(=O)NC(C)C)cc1. The van der Waals surface area contributed by atoms with E-state index in [9.17, 15) is 9.59 Å². The van der Waals surface area contributed by atoms with Crippen LogP contribution in [0.1, 0.15) is 30.5 Å². The van der Waals surface area contributed by atoms with Gasteiger partial charge < -0.3 is 10.1 Å². The average molecular weight is 414 g/mol. The van der Waals surface area contributed by atoms with Crippen LogP contribution >= 0.6 is 11.8 Å². The highest BCUT2D eigenvalue weighted by Gasteiger charge is 2.04. The predicted molar refractivity (Wildman–Crippen MR) is 118 cm³/mol. The summed E-state index contributed by atoms with van der Waals surface area (Å²) in [5, 5.41) is 6.74. The lowest BCUT2D eigenvalue weighted by molar-refractivity contribution is -0.123. The van der Waals surface area contributed by atoms with E-state index in [4.69, 9.17) is 4.74 Å². The van der Waals surface area contributed by atoms with Crippen LogP contribution in [-0.4, -0.2) is 36.4 Å². The van der Waals surface area contributed by atoms with E-state index in [2.05, 4.69) is 34.9 Å². The lowest BCUT2D eigenvalue weighted by Gasteiger charge is -2.09. The molecule has 0 radical (unpaired) electrons. The Kier molecular flexibility index (Phi) is 9.24. The number of thioether (sulfide) groups is 1. The van der Waals surface area contributed by atoms with Crippen molar-refractivity contribution in [2.45, 2.75) is 32.6 Å². The van der Waals surface area contributed by atoms with Gasteiger partial charge in [-0.05, 0) is 61.7 Å². The van der Waals surface area contributed by atoms with Crippen molar-refractivity contribution in [1.82, 2.24) is 10.7 Å². The molecule has 0 aliphatic rings. The van der Waals surface area contributed by atoms with Crippen molar-refractivity contribution in [3.8, 4) is 5.75 Å². The Morgan fingerprint density at radius 2 is 1.83 bits per heavy atom. The summed E-state index contributed by atoms with van der Waals surface area (Å²) in [5.74, 6) is 1.43. The fourth-order valence-electron chi connectivity index (χ4n) is 2.40. The van der Waals surface area contributed by atoms with Gasteiger partial charge in [0.25, 0.3) is 5.91 Å².